The molecule has 0 saturated carbocycles. The molecule has 2 rings (SSSR count). The predicted molar refractivity (Wildman–Crippen MR) is 62.0 cm³/mol. The van der Waals surface area contributed by atoms with E-state index >= 15 is 0 Å². The highest BCUT2D eigenvalue weighted by Gasteiger charge is 2.09. The van der Waals surface area contributed by atoms with Crippen LogP contribution in [0.5, 0.6) is 17.2 Å². The molecule has 0 spiro atoms. The van der Waals surface area contributed by atoms with Crippen molar-refractivity contribution in [3.05, 3.63) is 50.3 Å². The molecular weight excluding hydrogens is 238 g/mol. The second-order valence-corrected chi connectivity index (χ2v) is 3.61. The smallest absolute Gasteiger partial charge is 0.266 e. The average Bonchev–Trinajstić information content (AvgIpc) is 2.40. The fourth-order valence-electron chi connectivity index (χ4n) is 1.23. The van der Waals surface area contributed by atoms with Crippen molar-refractivity contribution in [3.8, 4) is 17.2 Å². The van der Waals surface area contributed by atoms with Crippen LogP contribution in [0.2, 0.25) is 0 Å². The molecule has 96 valence electrons. The molecule has 0 bridgehead atoms. The van der Waals surface area contributed by atoms with E-state index < -0.39 is 22.4 Å². The summed E-state index contributed by atoms with van der Waals surface area (Å²) in [6, 6.07) is 7.23. The minimum absolute atomic E-state index is 0.327. The van der Waals surface area contributed by atoms with Crippen LogP contribution in [0.15, 0.2) is 33.9 Å². The summed E-state index contributed by atoms with van der Waals surface area (Å²) in [6.07, 6.45) is 0.986. The minimum atomic E-state index is -1.12. The van der Waals surface area contributed by atoms with Gasteiger partial charge in [0.15, 0.2) is 5.75 Å². The summed E-state index contributed by atoms with van der Waals surface area (Å²) in [5.41, 5.74) is 2.77. The molecule has 0 radical (unpaired) electrons. The predicted octanol–water partition coefficient (Wildman–Crippen LogP) is -1.76. The first kappa shape index (κ1) is 13.7. The molecule has 0 saturated heterocycles. The van der Waals surface area contributed by atoms with E-state index in [-0.39, 0.29) is 0 Å². The largest absolute Gasteiger partial charge is 0.867 e. The Bertz CT molecular complexity index is 552. The summed E-state index contributed by atoms with van der Waals surface area (Å²) in [7, 11) is 0. The Morgan fingerprint density at radius 1 is 1.06 bits per heavy atom. The van der Waals surface area contributed by atoms with Gasteiger partial charge in [0.25, 0.3) is 5.43 Å². The van der Waals surface area contributed by atoms with Crippen LogP contribution in [0.4, 0.5) is 0 Å². The maximum atomic E-state index is 9.91. The van der Waals surface area contributed by atoms with Crippen molar-refractivity contribution < 1.29 is 21.1 Å². The van der Waals surface area contributed by atoms with Gasteiger partial charge >= 0.3 is 0 Å². The zero-order valence-corrected chi connectivity index (χ0v) is 9.55. The van der Waals surface area contributed by atoms with Gasteiger partial charge in [0, 0.05) is 6.42 Å². The van der Waals surface area contributed by atoms with Crippen LogP contribution in [0.1, 0.15) is 5.56 Å². The van der Waals surface area contributed by atoms with Gasteiger partial charge in [0.2, 0.25) is 5.43 Å². The molecule has 0 unspecified atom stereocenters. The maximum absolute atomic E-state index is 9.91. The molecule has 0 heterocycles. The molecule has 0 atom stereocenters. The Hall–Kier alpha value is -2.34. The van der Waals surface area contributed by atoms with Crippen LogP contribution in [-0.2, 0) is 6.42 Å². The fraction of sp³-hybridized carbons (Fsp3) is 0.167. The Labute approximate surface area is 102 Å². The Morgan fingerprint density at radius 2 is 1.61 bits per heavy atom. The summed E-state index contributed by atoms with van der Waals surface area (Å²) in [4.78, 5) is 19.8. The number of benzene rings is 1. The number of aromatic hydroxyl groups is 2. The van der Waals surface area contributed by atoms with E-state index in [9.17, 15) is 14.7 Å². The van der Waals surface area contributed by atoms with Crippen molar-refractivity contribution in [3.63, 3.8) is 0 Å². The van der Waals surface area contributed by atoms with Crippen LogP contribution in [0, 0.1) is 0 Å². The van der Waals surface area contributed by atoms with Crippen LogP contribution in [0.25, 0.3) is 0 Å². The van der Waals surface area contributed by atoms with Gasteiger partial charge in [-0.15, -0.1) is 0 Å². The molecule has 0 aliphatic carbocycles. The lowest BCUT2D eigenvalue weighted by Crippen LogP contribution is -2.51. The standard InChI is InChI=1S/C8H11NO.C4H2O4/c9-6-5-7-1-3-8(10)4-2-7;5-1-2(6)4(8)3(1)7/h1-4,10H,5-6,9H2;5-6H. The van der Waals surface area contributed by atoms with E-state index in [1.54, 1.807) is 12.1 Å². The Balaban J connectivity index is 0.000000184. The van der Waals surface area contributed by atoms with Gasteiger partial charge in [-0.1, -0.05) is 12.1 Å². The highest BCUT2D eigenvalue weighted by Crippen LogP contribution is 2.10. The van der Waals surface area contributed by atoms with E-state index in [1.807, 2.05) is 12.1 Å². The summed E-state index contributed by atoms with van der Waals surface area (Å²) in [5, 5.41) is 27.0. The van der Waals surface area contributed by atoms with E-state index in [4.69, 9.17) is 10.2 Å². The lowest BCUT2D eigenvalue weighted by Gasteiger charge is -2.05. The fourth-order valence-corrected chi connectivity index (χ4v) is 1.23. The number of hydrogen-bond donors (Lipinski definition) is 3. The average molecular weight is 251 g/mol. The van der Waals surface area contributed by atoms with Crippen LogP contribution < -0.4 is 21.7 Å². The number of phenols is 1. The van der Waals surface area contributed by atoms with E-state index in [0.717, 1.165) is 13.0 Å². The SMILES string of the molecule is O=c1c([O-])c(O)c1=O.[NH3+]CCc1ccc(O)cc1. The minimum Gasteiger partial charge on any atom is -0.867 e. The van der Waals surface area contributed by atoms with E-state index in [1.165, 1.54) is 5.56 Å². The molecule has 2 aromatic rings. The van der Waals surface area contributed by atoms with Crippen molar-refractivity contribution in [2.75, 3.05) is 6.54 Å². The van der Waals surface area contributed by atoms with E-state index in [0.29, 0.717) is 5.75 Å². The third kappa shape index (κ3) is 3.08. The zero-order valence-electron chi connectivity index (χ0n) is 9.55. The second kappa shape index (κ2) is 5.83. The number of quaternary nitrogens is 1. The Kier molecular flexibility index (Phi) is 4.45. The summed E-state index contributed by atoms with van der Waals surface area (Å²) in [5.74, 6) is -1.68. The van der Waals surface area contributed by atoms with Crippen molar-refractivity contribution in [2.45, 2.75) is 6.42 Å². The molecule has 6 nitrogen and oxygen atoms in total. The molecule has 0 fully saturated rings. The number of rotatable bonds is 2. The first-order valence-electron chi connectivity index (χ1n) is 5.23. The molecule has 18 heavy (non-hydrogen) atoms. The zero-order chi connectivity index (χ0) is 13.7. The maximum Gasteiger partial charge on any atom is 0.266 e. The van der Waals surface area contributed by atoms with Gasteiger partial charge in [-0.2, -0.15) is 0 Å². The molecule has 0 aromatic heterocycles. The summed E-state index contributed by atoms with van der Waals surface area (Å²) >= 11 is 0. The normalized spacial score (nSPS) is 9.83. The van der Waals surface area contributed by atoms with Gasteiger partial charge in [-0.3, -0.25) is 9.59 Å². The van der Waals surface area contributed by atoms with Gasteiger partial charge in [0.1, 0.15) is 5.75 Å². The lowest BCUT2D eigenvalue weighted by atomic mass is 10.1. The molecule has 5 N–H and O–H groups in total. The first-order valence-corrected chi connectivity index (χ1v) is 5.23. The van der Waals surface area contributed by atoms with Crippen molar-refractivity contribution in [2.24, 2.45) is 0 Å². The van der Waals surface area contributed by atoms with E-state index in [2.05, 4.69) is 5.73 Å². The lowest BCUT2D eigenvalue weighted by molar-refractivity contribution is -0.366. The monoisotopic (exact) mass is 251 g/mol. The third-order valence-corrected chi connectivity index (χ3v) is 2.24. The second-order valence-electron chi connectivity index (χ2n) is 3.61. The van der Waals surface area contributed by atoms with Gasteiger partial charge in [0.05, 0.1) is 6.54 Å². The van der Waals surface area contributed by atoms with Crippen LogP contribution in [-0.4, -0.2) is 16.8 Å². The van der Waals surface area contributed by atoms with Crippen LogP contribution in [0.3, 0.4) is 0 Å². The Morgan fingerprint density at radius 3 is 1.94 bits per heavy atom. The molecule has 0 amide bonds. The van der Waals surface area contributed by atoms with Crippen molar-refractivity contribution in [1.82, 2.24) is 0 Å². The first-order chi connectivity index (χ1) is 8.47. The highest BCUT2D eigenvalue weighted by atomic mass is 16.3. The van der Waals surface area contributed by atoms with Gasteiger partial charge in [-0.05, 0) is 23.4 Å². The number of phenolic OH excluding ortho intramolecular Hbond substituents is 1. The molecule has 0 aliphatic heterocycles. The summed E-state index contributed by atoms with van der Waals surface area (Å²) < 4.78 is 0. The highest BCUT2D eigenvalue weighted by molar-refractivity contribution is 5.41. The molecular formula is C12H13NO5. The molecule has 2 aromatic carbocycles. The van der Waals surface area contributed by atoms with Crippen molar-refractivity contribution in [1.29, 1.82) is 0 Å². The van der Waals surface area contributed by atoms with Gasteiger partial charge in [-0.25, -0.2) is 0 Å². The number of hydrogen-bond acceptors (Lipinski definition) is 5. The topological polar surface area (TPSA) is 125 Å². The molecule has 0 aliphatic rings. The molecule has 6 heteroatoms. The van der Waals surface area contributed by atoms with Gasteiger partial charge < -0.3 is 21.1 Å². The summed E-state index contributed by atoms with van der Waals surface area (Å²) in [6.45, 7) is 0.908. The van der Waals surface area contributed by atoms with Crippen LogP contribution >= 0.6 is 0 Å². The quantitative estimate of drug-likeness (QED) is 0.545. The third-order valence-electron chi connectivity index (χ3n) is 2.24. The van der Waals surface area contributed by atoms with Crippen molar-refractivity contribution >= 4 is 0 Å².